The molecule has 0 bridgehead atoms. The van der Waals surface area contributed by atoms with E-state index in [0.29, 0.717) is 26.3 Å². The lowest BCUT2D eigenvalue weighted by Crippen LogP contribution is -2.19. The summed E-state index contributed by atoms with van der Waals surface area (Å²) in [5.74, 6) is 0. The lowest BCUT2D eigenvalue weighted by Gasteiger charge is -2.09. The van der Waals surface area contributed by atoms with Gasteiger partial charge in [-0.25, -0.2) is 0 Å². The fraction of sp³-hybridized carbons (Fsp3) is 0.353. The van der Waals surface area contributed by atoms with Crippen LogP contribution in [0.15, 0.2) is 47.4 Å². The van der Waals surface area contributed by atoms with Gasteiger partial charge in [0, 0.05) is 24.5 Å². The maximum atomic E-state index is 11.8. The lowest BCUT2D eigenvalue weighted by atomic mass is 10.2. The molecule has 0 aliphatic heterocycles. The van der Waals surface area contributed by atoms with Crippen LogP contribution in [0.1, 0.15) is 11.1 Å². The van der Waals surface area contributed by atoms with E-state index in [1.807, 2.05) is 43.5 Å². The fourth-order valence-electron chi connectivity index (χ4n) is 2.13. The van der Waals surface area contributed by atoms with Crippen LogP contribution in [-0.4, -0.2) is 36.0 Å². The number of aliphatic hydroxyl groups excluding tert-OH is 1. The number of hydrogen-bond acceptors (Lipinski definition) is 4. The summed E-state index contributed by atoms with van der Waals surface area (Å²) in [5.41, 5.74) is 3.16. The van der Waals surface area contributed by atoms with Crippen molar-refractivity contribution in [3.05, 3.63) is 64.1 Å². The minimum absolute atomic E-state index is 0.00818. The highest BCUT2D eigenvalue weighted by molar-refractivity contribution is 5.44. The van der Waals surface area contributed by atoms with E-state index < -0.39 is 0 Å². The summed E-state index contributed by atoms with van der Waals surface area (Å²) in [6.07, 6.45) is 1.87. The third-order valence-electron chi connectivity index (χ3n) is 3.25. The Hall–Kier alpha value is -2.11. The van der Waals surface area contributed by atoms with Crippen LogP contribution in [0, 0.1) is 6.92 Å². The van der Waals surface area contributed by atoms with Crippen LogP contribution in [0.5, 0.6) is 0 Å². The van der Waals surface area contributed by atoms with Gasteiger partial charge in [0.2, 0.25) is 0 Å². The average molecular weight is 302 g/mol. The van der Waals surface area contributed by atoms with Crippen molar-refractivity contribution in [2.24, 2.45) is 0 Å². The van der Waals surface area contributed by atoms with Gasteiger partial charge in [-0.15, -0.1) is 0 Å². The topological polar surface area (TPSA) is 63.5 Å². The molecule has 2 rings (SSSR count). The van der Waals surface area contributed by atoms with E-state index in [-0.39, 0.29) is 12.2 Å². The Morgan fingerprint density at radius 2 is 1.91 bits per heavy atom. The van der Waals surface area contributed by atoms with Gasteiger partial charge >= 0.3 is 0 Å². The predicted octanol–water partition coefficient (Wildman–Crippen LogP) is 1.63. The zero-order valence-corrected chi connectivity index (χ0v) is 12.8. The quantitative estimate of drug-likeness (QED) is 0.728. The molecule has 5 nitrogen and oxygen atoms in total. The van der Waals surface area contributed by atoms with Gasteiger partial charge in [0.05, 0.1) is 26.4 Å². The normalized spacial score (nSPS) is 10.6. The summed E-state index contributed by atoms with van der Waals surface area (Å²) in [7, 11) is 0. The number of aryl methyl sites for hydroxylation is 1. The number of benzene rings is 1. The van der Waals surface area contributed by atoms with E-state index >= 15 is 0 Å². The molecule has 0 amide bonds. The van der Waals surface area contributed by atoms with Crippen molar-refractivity contribution >= 4 is 5.69 Å². The van der Waals surface area contributed by atoms with Crippen LogP contribution in [0.25, 0.3) is 0 Å². The smallest absolute Gasteiger partial charge is 0.250 e. The minimum Gasteiger partial charge on any atom is -0.394 e. The number of aromatic nitrogens is 1. The molecule has 0 spiro atoms. The summed E-state index contributed by atoms with van der Waals surface area (Å²) >= 11 is 0. The van der Waals surface area contributed by atoms with Crippen molar-refractivity contribution in [2.45, 2.75) is 13.5 Å². The Balaban J connectivity index is 1.89. The van der Waals surface area contributed by atoms with E-state index in [4.69, 9.17) is 9.84 Å². The molecule has 0 saturated carbocycles. The number of aliphatic hydroxyl groups is 1. The Morgan fingerprint density at radius 3 is 2.64 bits per heavy atom. The number of ether oxygens (including phenoxy) is 1. The zero-order chi connectivity index (χ0) is 15.8. The Labute approximate surface area is 130 Å². The first-order chi connectivity index (χ1) is 10.7. The number of nitrogens with zero attached hydrogens (tertiary/aromatic N) is 1. The highest BCUT2D eigenvalue weighted by atomic mass is 16.5. The molecular weight excluding hydrogens is 280 g/mol. The molecule has 0 unspecified atom stereocenters. The molecule has 0 saturated heterocycles. The van der Waals surface area contributed by atoms with Gasteiger partial charge < -0.3 is 19.7 Å². The molecule has 0 atom stereocenters. The van der Waals surface area contributed by atoms with Crippen LogP contribution < -0.4 is 10.9 Å². The van der Waals surface area contributed by atoms with Gasteiger partial charge in [-0.1, -0.05) is 18.2 Å². The van der Waals surface area contributed by atoms with E-state index in [1.54, 1.807) is 10.6 Å². The van der Waals surface area contributed by atoms with Gasteiger partial charge in [0.25, 0.3) is 5.56 Å². The lowest BCUT2D eigenvalue weighted by molar-refractivity contribution is 0.0992. The van der Waals surface area contributed by atoms with Crippen molar-refractivity contribution in [1.82, 2.24) is 4.57 Å². The Bertz CT molecular complexity index is 635. The summed E-state index contributed by atoms with van der Waals surface area (Å²) in [5, 5.41) is 11.8. The molecule has 0 fully saturated rings. The van der Waals surface area contributed by atoms with Gasteiger partial charge in [-0.3, -0.25) is 4.79 Å². The molecule has 2 aromatic rings. The maximum Gasteiger partial charge on any atom is 0.250 e. The molecule has 5 heteroatoms. The van der Waals surface area contributed by atoms with E-state index in [1.165, 1.54) is 0 Å². The number of hydrogen-bond donors (Lipinski definition) is 2. The number of nitrogens with one attached hydrogen (secondary N) is 1. The SMILES string of the molecule is Cc1ccc(=O)n(Cc2ccc(NCCOCCO)cc2)c1. The maximum absolute atomic E-state index is 11.8. The molecule has 0 aliphatic carbocycles. The van der Waals surface area contributed by atoms with Gasteiger partial charge in [-0.2, -0.15) is 0 Å². The second-order valence-corrected chi connectivity index (χ2v) is 5.13. The molecule has 1 heterocycles. The molecule has 0 radical (unpaired) electrons. The van der Waals surface area contributed by atoms with E-state index in [2.05, 4.69) is 5.32 Å². The van der Waals surface area contributed by atoms with Crippen molar-refractivity contribution in [3.63, 3.8) is 0 Å². The standard InChI is InChI=1S/C17H22N2O3/c1-14-2-7-17(21)19(12-14)13-15-3-5-16(6-4-15)18-8-10-22-11-9-20/h2-7,12,18,20H,8-11,13H2,1H3. The second kappa shape index (κ2) is 8.36. The zero-order valence-electron chi connectivity index (χ0n) is 12.8. The third-order valence-corrected chi connectivity index (χ3v) is 3.25. The molecule has 118 valence electrons. The van der Waals surface area contributed by atoms with Crippen molar-refractivity contribution in [3.8, 4) is 0 Å². The first-order valence-corrected chi connectivity index (χ1v) is 7.37. The molecule has 1 aromatic heterocycles. The fourth-order valence-corrected chi connectivity index (χ4v) is 2.13. The second-order valence-electron chi connectivity index (χ2n) is 5.13. The van der Waals surface area contributed by atoms with Crippen LogP contribution in [0.4, 0.5) is 5.69 Å². The number of anilines is 1. The van der Waals surface area contributed by atoms with Gasteiger partial charge in [-0.05, 0) is 30.2 Å². The van der Waals surface area contributed by atoms with Gasteiger partial charge in [0.15, 0.2) is 0 Å². The number of rotatable bonds is 8. The summed E-state index contributed by atoms with van der Waals surface area (Å²) in [6, 6.07) is 11.4. The number of pyridine rings is 1. The van der Waals surface area contributed by atoms with E-state index in [9.17, 15) is 4.79 Å². The monoisotopic (exact) mass is 302 g/mol. The molecule has 2 N–H and O–H groups in total. The molecule has 0 aliphatic rings. The van der Waals surface area contributed by atoms with Gasteiger partial charge in [0.1, 0.15) is 0 Å². The largest absolute Gasteiger partial charge is 0.394 e. The summed E-state index contributed by atoms with van der Waals surface area (Å²) in [4.78, 5) is 11.8. The van der Waals surface area contributed by atoms with Crippen LogP contribution in [0.3, 0.4) is 0 Å². The summed E-state index contributed by atoms with van der Waals surface area (Å²) in [6.45, 7) is 4.21. The first kappa shape index (κ1) is 16.3. The Kier molecular flexibility index (Phi) is 6.18. The summed E-state index contributed by atoms with van der Waals surface area (Å²) < 4.78 is 6.89. The van der Waals surface area contributed by atoms with Crippen molar-refractivity contribution in [2.75, 3.05) is 31.7 Å². The minimum atomic E-state index is 0.00818. The van der Waals surface area contributed by atoms with E-state index in [0.717, 1.165) is 16.8 Å². The highest BCUT2D eigenvalue weighted by Crippen LogP contribution is 2.10. The average Bonchev–Trinajstić information content (AvgIpc) is 2.52. The van der Waals surface area contributed by atoms with Crippen molar-refractivity contribution < 1.29 is 9.84 Å². The first-order valence-electron chi connectivity index (χ1n) is 7.37. The Morgan fingerprint density at radius 1 is 1.14 bits per heavy atom. The third kappa shape index (κ3) is 5.02. The molecular formula is C17H22N2O3. The van der Waals surface area contributed by atoms with Crippen molar-refractivity contribution in [1.29, 1.82) is 0 Å². The van der Waals surface area contributed by atoms with Crippen LogP contribution in [0.2, 0.25) is 0 Å². The van der Waals surface area contributed by atoms with Crippen LogP contribution >= 0.6 is 0 Å². The highest BCUT2D eigenvalue weighted by Gasteiger charge is 1.99. The molecule has 1 aromatic carbocycles. The van der Waals surface area contributed by atoms with Crippen LogP contribution in [-0.2, 0) is 11.3 Å². The molecule has 22 heavy (non-hydrogen) atoms. The predicted molar refractivity (Wildman–Crippen MR) is 87.4 cm³/mol.